The predicted molar refractivity (Wildman–Crippen MR) is 101 cm³/mol. The van der Waals surface area contributed by atoms with Crippen LogP contribution in [0.3, 0.4) is 0 Å². The molecule has 0 aromatic heterocycles. The zero-order chi connectivity index (χ0) is 21.4. The summed E-state index contributed by atoms with van der Waals surface area (Å²) in [4.78, 5) is 0. The van der Waals surface area contributed by atoms with Gasteiger partial charge in [0.1, 0.15) is 5.75 Å². The summed E-state index contributed by atoms with van der Waals surface area (Å²) in [6.07, 6.45) is -1.81. The fourth-order valence-electron chi connectivity index (χ4n) is 3.53. The molecule has 1 aromatic rings. The number of halogens is 3. The average molecular weight is 434 g/mol. The van der Waals surface area contributed by atoms with Crippen LogP contribution in [0.25, 0.3) is 0 Å². The lowest BCUT2D eigenvalue weighted by Gasteiger charge is -2.32. The Balaban J connectivity index is 1.32. The lowest BCUT2D eigenvalue weighted by molar-refractivity contribution is -0.274. The Morgan fingerprint density at radius 2 is 1.47 bits per heavy atom. The monoisotopic (exact) mass is 434 g/mol. The highest BCUT2D eigenvalue weighted by atomic mass is 19.4. The van der Waals surface area contributed by atoms with Crippen LogP contribution in [0, 0.1) is 11.8 Å². The van der Waals surface area contributed by atoms with E-state index in [1.165, 1.54) is 24.3 Å². The van der Waals surface area contributed by atoms with E-state index in [0.717, 1.165) is 32.3 Å². The lowest BCUT2D eigenvalue weighted by atomic mass is 10.0. The normalized spacial score (nSPS) is 27.7. The van der Waals surface area contributed by atoms with E-state index in [4.69, 9.17) is 23.7 Å². The van der Waals surface area contributed by atoms with Crippen LogP contribution in [0.1, 0.15) is 37.5 Å². The van der Waals surface area contributed by atoms with Crippen molar-refractivity contribution in [1.82, 2.24) is 0 Å². The van der Waals surface area contributed by atoms with Crippen molar-refractivity contribution in [1.29, 1.82) is 0 Å². The molecule has 2 saturated heterocycles. The molecule has 3 rings (SSSR count). The molecule has 1 aromatic carbocycles. The maximum Gasteiger partial charge on any atom is 0.573 e. The highest BCUT2D eigenvalue weighted by Crippen LogP contribution is 2.30. The van der Waals surface area contributed by atoms with Crippen molar-refractivity contribution in [2.45, 2.75) is 44.6 Å². The second kappa shape index (κ2) is 11.3. The van der Waals surface area contributed by atoms with Gasteiger partial charge in [-0.15, -0.1) is 13.2 Å². The molecule has 2 fully saturated rings. The summed E-state index contributed by atoms with van der Waals surface area (Å²) in [5, 5.41) is 0. The molecule has 0 aliphatic carbocycles. The minimum atomic E-state index is -4.71. The fourth-order valence-corrected chi connectivity index (χ4v) is 3.53. The van der Waals surface area contributed by atoms with Crippen LogP contribution in [0.2, 0.25) is 0 Å². The van der Waals surface area contributed by atoms with Gasteiger partial charge in [0.25, 0.3) is 0 Å². The second-order valence-electron chi connectivity index (χ2n) is 7.66. The molecular weight excluding hydrogens is 405 g/mol. The molecule has 0 radical (unpaired) electrons. The average Bonchev–Trinajstić information content (AvgIpc) is 2.73. The van der Waals surface area contributed by atoms with Crippen LogP contribution in [0.5, 0.6) is 5.75 Å². The van der Waals surface area contributed by atoms with Crippen molar-refractivity contribution < 1.29 is 41.6 Å². The Kier molecular flexibility index (Phi) is 8.76. The third-order valence-corrected chi connectivity index (χ3v) is 5.16. The van der Waals surface area contributed by atoms with Gasteiger partial charge in [-0.3, -0.25) is 0 Å². The quantitative estimate of drug-likeness (QED) is 0.536. The van der Waals surface area contributed by atoms with E-state index in [1.54, 1.807) is 7.11 Å². The van der Waals surface area contributed by atoms with Gasteiger partial charge in [-0.2, -0.15) is 0 Å². The molecule has 0 atom stereocenters. The first-order valence-electron chi connectivity index (χ1n) is 10.2. The van der Waals surface area contributed by atoms with Crippen molar-refractivity contribution >= 4 is 0 Å². The van der Waals surface area contributed by atoms with E-state index in [-0.39, 0.29) is 18.0 Å². The Labute approximate surface area is 174 Å². The Morgan fingerprint density at radius 1 is 0.867 bits per heavy atom. The van der Waals surface area contributed by atoms with E-state index >= 15 is 0 Å². The van der Waals surface area contributed by atoms with Gasteiger partial charge in [0.2, 0.25) is 0 Å². The zero-order valence-electron chi connectivity index (χ0n) is 17.1. The number of alkyl halides is 3. The van der Waals surface area contributed by atoms with Crippen molar-refractivity contribution in [2.75, 3.05) is 40.1 Å². The van der Waals surface area contributed by atoms with E-state index in [0.29, 0.717) is 37.9 Å². The summed E-state index contributed by atoms with van der Waals surface area (Å²) in [5.74, 6) is 0.375. The highest BCUT2D eigenvalue weighted by molar-refractivity contribution is 5.28. The maximum absolute atomic E-state index is 12.2. The summed E-state index contributed by atoms with van der Waals surface area (Å²) in [5.41, 5.74) is 0.654. The maximum atomic E-state index is 12.2. The molecular formula is C21H29F3O6. The van der Waals surface area contributed by atoms with Crippen LogP contribution in [0.15, 0.2) is 24.3 Å². The van der Waals surface area contributed by atoms with Crippen molar-refractivity contribution in [3.8, 4) is 5.75 Å². The fraction of sp³-hybridized carbons (Fsp3) is 0.714. The Hall–Kier alpha value is -1.39. The molecule has 2 aliphatic rings. The first-order chi connectivity index (χ1) is 14.4. The van der Waals surface area contributed by atoms with Crippen LogP contribution in [-0.4, -0.2) is 52.8 Å². The molecule has 0 bridgehead atoms. The summed E-state index contributed by atoms with van der Waals surface area (Å²) in [6.45, 7) is 3.20. The smallest absolute Gasteiger partial charge is 0.406 e. The van der Waals surface area contributed by atoms with Crippen LogP contribution in [0.4, 0.5) is 13.2 Å². The molecule has 0 unspecified atom stereocenters. The van der Waals surface area contributed by atoms with Crippen molar-refractivity contribution in [2.24, 2.45) is 11.8 Å². The van der Waals surface area contributed by atoms with E-state index in [9.17, 15) is 13.2 Å². The largest absolute Gasteiger partial charge is 0.573 e. The summed E-state index contributed by atoms with van der Waals surface area (Å²) < 4.78 is 68.8. The third kappa shape index (κ3) is 7.70. The zero-order valence-corrected chi connectivity index (χ0v) is 17.1. The highest BCUT2D eigenvalue weighted by Gasteiger charge is 2.31. The molecule has 0 N–H and O–H groups in total. The van der Waals surface area contributed by atoms with Gasteiger partial charge in [0.05, 0.1) is 26.4 Å². The van der Waals surface area contributed by atoms with Gasteiger partial charge < -0.3 is 28.4 Å². The number of rotatable bonds is 9. The van der Waals surface area contributed by atoms with Crippen LogP contribution >= 0.6 is 0 Å². The van der Waals surface area contributed by atoms with Gasteiger partial charge in [-0.1, -0.05) is 12.1 Å². The molecule has 6 nitrogen and oxygen atoms in total. The van der Waals surface area contributed by atoms with Gasteiger partial charge in [-0.25, -0.2) is 0 Å². The van der Waals surface area contributed by atoms with Crippen LogP contribution in [-0.2, 0) is 23.7 Å². The number of ether oxygens (including phenoxy) is 6. The predicted octanol–water partition coefficient (Wildman–Crippen LogP) is 4.44. The van der Waals surface area contributed by atoms with Gasteiger partial charge in [0.15, 0.2) is 12.6 Å². The Morgan fingerprint density at radius 3 is 2.07 bits per heavy atom. The van der Waals surface area contributed by atoms with Gasteiger partial charge in [0, 0.05) is 31.1 Å². The van der Waals surface area contributed by atoms with E-state index < -0.39 is 12.7 Å². The Bertz CT molecular complexity index is 608. The topological polar surface area (TPSA) is 55.4 Å². The standard InChI is InChI=1S/C21H29F3O6/c1-25-10-2-3-15-11-26-19(27-12-15)9-4-16-13-28-20(29-14-16)17-5-7-18(8-6-17)30-21(22,23)24/h5-8,15-16,19-20H,2-4,9-14H2,1H3/t15-,16-,19-,20-. The molecule has 0 amide bonds. The van der Waals surface area contributed by atoms with Crippen LogP contribution < -0.4 is 4.74 Å². The van der Waals surface area contributed by atoms with Gasteiger partial charge in [-0.05, 0) is 37.8 Å². The molecule has 2 heterocycles. The van der Waals surface area contributed by atoms with E-state index in [2.05, 4.69) is 4.74 Å². The van der Waals surface area contributed by atoms with Crippen molar-refractivity contribution in [3.63, 3.8) is 0 Å². The molecule has 0 spiro atoms. The number of benzene rings is 1. The summed E-state index contributed by atoms with van der Waals surface area (Å²) in [6, 6.07) is 5.53. The number of hydrogen-bond donors (Lipinski definition) is 0. The first kappa shape index (κ1) is 23.3. The van der Waals surface area contributed by atoms with Crippen molar-refractivity contribution in [3.05, 3.63) is 29.8 Å². The molecule has 30 heavy (non-hydrogen) atoms. The minimum absolute atomic E-state index is 0.192. The minimum Gasteiger partial charge on any atom is -0.406 e. The number of methoxy groups -OCH3 is 1. The van der Waals surface area contributed by atoms with E-state index in [1.807, 2.05) is 0 Å². The molecule has 170 valence electrons. The number of hydrogen-bond acceptors (Lipinski definition) is 6. The first-order valence-corrected chi connectivity index (χ1v) is 10.2. The summed E-state index contributed by atoms with van der Waals surface area (Å²) >= 11 is 0. The lowest BCUT2D eigenvalue weighted by Crippen LogP contribution is -2.34. The SMILES string of the molecule is COCCC[C@H]1CO[C@H](CC[C@H]2CO[C@H](c3ccc(OC(F)(F)F)cc3)OC2)OC1. The molecule has 0 saturated carbocycles. The summed E-state index contributed by atoms with van der Waals surface area (Å²) in [7, 11) is 1.70. The second-order valence-corrected chi connectivity index (χ2v) is 7.66. The molecule has 9 heteroatoms. The third-order valence-electron chi connectivity index (χ3n) is 5.16. The van der Waals surface area contributed by atoms with Gasteiger partial charge >= 0.3 is 6.36 Å². The molecule has 2 aliphatic heterocycles.